The minimum absolute atomic E-state index is 0.113. The number of carbonyl (C=O) groups excluding carboxylic acids is 1. The third-order valence-corrected chi connectivity index (χ3v) is 5.71. The molecule has 1 fully saturated rings. The third-order valence-electron chi connectivity index (χ3n) is 4.12. The van der Waals surface area contributed by atoms with Gasteiger partial charge in [0.05, 0.1) is 4.91 Å². The van der Waals surface area contributed by atoms with E-state index in [-0.39, 0.29) is 5.91 Å². The summed E-state index contributed by atoms with van der Waals surface area (Å²) in [5.41, 5.74) is 1.86. The first-order chi connectivity index (χ1) is 13.5. The molecule has 0 unspecified atom stereocenters. The topological polar surface area (TPSA) is 58.7 Å². The number of amidine groups is 1. The van der Waals surface area contributed by atoms with Gasteiger partial charge >= 0.3 is 0 Å². The lowest BCUT2D eigenvalue weighted by atomic mass is 10.2. The third kappa shape index (κ3) is 3.95. The highest BCUT2D eigenvalue weighted by Crippen LogP contribution is 2.34. The molecule has 0 saturated carbocycles. The Balaban J connectivity index is 1.58. The van der Waals surface area contributed by atoms with Crippen molar-refractivity contribution in [3.8, 4) is 11.3 Å². The molecule has 1 amide bonds. The Bertz CT molecular complexity index is 1100. The van der Waals surface area contributed by atoms with Crippen LogP contribution in [0.15, 0.2) is 73.4 Å². The average Bonchev–Trinajstić information content (AvgIpc) is 3.24. The van der Waals surface area contributed by atoms with Gasteiger partial charge in [0.25, 0.3) is 5.91 Å². The second kappa shape index (κ2) is 7.77. The lowest BCUT2D eigenvalue weighted by molar-refractivity contribution is -0.121. The van der Waals surface area contributed by atoms with Gasteiger partial charge in [0, 0.05) is 28.9 Å². The Morgan fingerprint density at radius 2 is 1.93 bits per heavy atom. The summed E-state index contributed by atoms with van der Waals surface area (Å²) in [6, 6.07) is 17.2. The number of thioether (sulfide) groups is 1. The lowest BCUT2D eigenvalue weighted by Gasteiger charge is -2.06. The maximum Gasteiger partial charge on any atom is 0.266 e. The average molecular weight is 454 g/mol. The van der Waals surface area contributed by atoms with Crippen molar-refractivity contribution >= 4 is 50.7 Å². The van der Waals surface area contributed by atoms with Crippen molar-refractivity contribution in [3.63, 3.8) is 0 Å². The number of benzene rings is 1. The van der Waals surface area contributed by atoms with Gasteiger partial charge < -0.3 is 4.42 Å². The van der Waals surface area contributed by atoms with E-state index < -0.39 is 0 Å². The first kappa shape index (κ1) is 18.7. The second-order valence-electron chi connectivity index (χ2n) is 6.22. The minimum atomic E-state index is -0.113. The summed E-state index contributed by atoms with van der Waals surface area (Å²) in [6.45, 7) is 1.91. The molecular formula is C21H16BrN3O2S. The first-order valence-corrected chi connectivity index (χ1v) is 10.2. The van der Waals surface area contributed by atoms with Crippen LogP contribution in [-0.4, -0.2) is 28.0 Å². The lowest BCUT2D eigenvalue weighted by Crippen LogP contribution is -2.23. The maximum atomic E-state index is 12.6. The standard InChI is InChI=1S/C21H16BrN3O2S/c1-13-4-3-5-19(23-13)24-21-25(2)20(26)18(28-21)12-16-10-11-17(27-16)14-6-8-15(22)9-7-14/h3-12H,1-2H3/b18-12+,24-21+. The number of amides is 1. The van der Waals surface area contributed by atoms with E-state index in [2.05, 4.69) is 25.9 Å². The highest BCUT2D eigenvalue weighted by atomic mass is 79.9. The molecule has 0 N–H and O–H groups in total. The number of aromatic nitrogens is 1. The monoisotopic (exact) mass is 453 g/mol. The van der Waals surface area contributed by atoms with E-state index in [0.717, 1.165) is 21.5 Å². The summed E-state index contributed by atoms with van der Waals surface area (Å²) in [4.78, 5) is 23.5. The summed E-state index contributed by atoms with van der Waals surface area (Å²) in [6.07, 6.45) is 1.75. The number of hydrogen-bond donors (Lipinski definition) is 0. The Morgan fingerprint density at radius 3 is 2.68 bits per heavy atom. The summed E-state index contributed by atoms with van der Waals surface area (Å²) >= 11 is 4.74. The van der Waals surface area contributed by atoms with Crippen molar-refractivity contribution < 1.29 is 9.21 Å². The molecule has 1 saturated heterocycles. The second-order valence-corrected chi connectivity index (χ2v) is 8.14. The fourth-order valence-electron chi connectivity index (χ4n) is 2.67. The van der Waals surface area contributed by atoms with E-state index in [1.807, 2.05) is 61.5 Å². The van der Waals surface area contributed by atoms with Crippen LogP contribution in [0.2, 0.25) is 0 Å². The summed E-state index contributed by atoms with van der Waals surface area (Å²) in [7, 11) is 1.71. The highest BCUT2D eigenvalue weighted by molar-refractivity contribution is 9.10. The molecule has 28 heavy (non-hydrogen) atoms. The number of hydrogen-bond acceptors (Lipinski definition) is 5. The fourth-order valence-corrected chi connectivity index (χ4v) is 3.89. The summed E-state index contributed by atoms with van der Waals surface area (Å²) in [5, 5.41) is 0.592. The van der Waals surface area contributed by atoms with Gasteiger partial charge in [-0.3, -0.25) is 9.69 Å². The van der Waals surface area contributed by atoms with Crippen LogP contribution in [0.4, 0.5) is 5.82 Å². The molecule has 1 aliphatic heterocycles. The van der Waals surface area contributed by atoms with E-state index in [1.54, 1.807) is 13.1 Å². The number of likely N-dealkylation sites (N-methyl/N-ethyl adjacent to an activating group) is 1. The molecule has 0 bridgehead atoms. The molecule has 2 aromatic heterocycles. The van der Waals surface area contributed by atoms with Crippen LogP contribution >= 0.6 is 27.7 Å². The first-order valence-electron chi connectivity index (χ1n) is 8.55. The smallest absolute Gasteiger partial charge is 0.266 e. The number of rotatable bonds is 3. The SMILES string of the molecule is Cc1cccc(/N=C2/S/C(=C/c3ccc(-c4ccc(Br)cc4)o3)C(=O)N2C)n1. The van der Waals surface area contributed by atoms with Crippen molar-refractivity contribution in [2.45, 2.75) is 6.92 Å². The molecule has 7 heteroatoms. The number of aliphatic imine (C=N–C) groups is 1. The number of nitrogens with zero attached hydrogens (tertiary/aromatic N) is 3. The Morgan fingerprint density at radius 1 is 1.14 bits per heavy atom. The van der Waals surface area contributed by atoms with Crippen molar-refractivity contribution in [2.24, 2.45) is 4.99 Å². The zero-order chi connectivity index (χ0) is 19.7. The van der Waals surface area contributed by atoms with E-state index in [4.69, 9.17) is 4.42 Å². The minimum Gasteiger partial charge on any atom is -0.457 e. The molecule has 0 atom stereocenters. The van der Waals surface area contributed by atoms with Gasteiger partial charge in [0.15, 0.2) is 11.0 Å². The van der Waals surface area contributed by atoms with Crippen LogP contribution in [-0.2, 0) is 4.79 Å². The van der Waals surface area contributed by atoms with E-state index >= 15 is 0 Å². The van der Waals surface area contributed by atoms with Gasteiger partial charge in [-0.25, -0.2) is 9.98 Å². The van der Waals surface area contributed by atoms with Crippen LogP contribution in [0, 0.1) is 6.92 Å². The van der Waals surface area contributed by atoms with E-state index in [1.165, 1.54) is 16.7 Å². The highest BCUT2D eigenvalue weighted by Gasteiger charge is 2.30. The van der Waals surface area contributed by atoms with Crippen LogP contribution < -0.4 is 0 Å². The largest absolute Gasteiger partial charge is 0.457 e. The number of halogens is 1. The molecular weight excluding hydrogens is 438 g/mol. The molecule has 0 spiro atoms. The molecule has 1 aromatic carbocycles. The molecule has 1 aliphatic rings. The van der Waals surface area contributed by atoms with Crippen molar-refractivity contribution in [2.75, 3.05) is 7.05 Å². The van der Waals surface area contributed by atoms with Gasteiger partial charge in [-0.05, 0) is 55.1 Å². The van der Waals surface area contributed by atoms with Crippen molar-refractivity contribution in [1.29, 1.82) is 0 Å². The molecule has 0 aliphatic carbocycles. The number of aryl methyl sites for hydroxylation is 1. The predicted molar refractivity (Wildman–Crippen MR) is 116 cm³/mol. The van der Waals surface area contributed by atoms with Crippen LogP contribution in [0.1, 0.15) is 11.5 Å². The zero-order valence-electron chi connectivity index (χ0n) is 15.2. The van der Waals surface area contributed by atoms with Crippen molar-refractivity contribution in [1.82, 2.24) is 9.88 Å². The summed E-state index contributed by atoms with van der Waals surface area (Å²) in [5.74, 6) is 1.84. The fraction of sp³-hybridized carbons (Fsp3) is 0.0952. The molecule has 4 rings (SSSR count). The molecule has 0 radical (unpaired) electrons. The van der Waals surface area contributed by atoms with Gasteiger partial charge in [0.2, 0.25) is 0 Å². The Labute approximate surface area is 175 Å². The molecule has 140 valence electrons. The molecule has 3 aromatic rings. The van der Waals surface area contributed by atoms with Crippen LogP contribution in [0.25, 0.3) is 17.4 Å². The van der Waals surface area contributed by atoms with Gasteiger partial charge in [-0.1, -0.05) is 34.1 Å². The Kier molecular flexibility index (Phi) is 5.19. The quantitative estimate of drug-likeness (QED) is 0.480. The normalized spacial score (nSPS) is 17.1. The predicted octanol–water partition coefficient (Wildman–Crippen LogP) is 5.65. The zero-order valence-corrected chi connectivity index (χ0v) is 17.6. The Hall–Kier alpha value is -2.64. The van der Waals surface area contributed by atoms with Crippen LogP contribution in [0.3, 0.4) is 0 Å². The maximum absolute atomic E-state index is 12.6. The number of furan rings is 1. The number of pyridine rings is 1. The van der Waals surface area contributed by atoms with Gasteiger partial charge in [-0.15, -0.1) is 0 Å². The van der Waals surface area contributed by atoms with Crippen LogP contribution in [0.5, 0.6) is 0 Å². The van der Waals surface area contributed by atoms with Gasteiger partial charge in [0.1, 0.15) is 11.5 Å². The summed E-state index contributed by atoms with van der Waals surface area (Å²) < 4.78 is 6.91. The van der Waals surface area contributed by atoms with E-state index in [9.17, 15) is 4.79 Å². The molecule has 5 nitrogen and oxygen atoms in total. The van der Waals surface area contributed by atoms with E-state index in [0.29, 0.717) is 21.7 Å². The number of carbonyl (C=O) groups is 1. The van der Waals surface area contributed by atoms with Gasteiger partial charge in [-0.2, -0.15) is 0 Å². The molecule has 3 heterocycles. The van der Waals surface area contributed by atoms with Crippen molar-refractivity contribution in [3.05, 3.63) is 75.4 Å².